The Kier molecular flexibility index (Phi) is 1.54. The largest absolute Gasteiger partial charge is 0.392 e. The average Bonchev–Trinajstić information content (AvgIpc) is 1.82. The molecule has 1 rings (SSSR count). The first-order chi connectivity index (χ1) is 4.61. The number of rotatable bonds is 0. The summed E-state index contributed by atoms with van der Waals surface area (Å²) in [5, 5.41) is 0.154. The van der Waals surface area contributed by atoms with Crippen molar-refractivity contribution in [2.75, 3.05) is 11.5 Å². The van der Waals surface area contributed by atoms with Gasteiger partial charge in [0.05, 0.1) is 0 Å². The number of nitrogens with one attached hydrogen (secondary N) is 1. The van der Waals surface area contributed by atoms with Gasteiger partial charge >= 0.3 is 0 Å². The summed E-state index contributed by atoms with van der Waals surface area (Å²) in [6, 6.07) is 0. The zero-order chi connectivity index (χ0) is 7.72. The molecule has 0 amide bonds. The number of aromatic nitrogens is 2. The third-order valence-electron chi connectivity index (χ3n) is 0.953. The van der Waals surface area contributed by atoms with Gasteiger partial charge in [-0.1, -0.05) is 0 Å². The van der Waals surface area contributed by atoms with E-state index in [1.165, 1.54) is 0 Å². The summed E-state index contributed by atoms with van der Waals surface area (Å²) in [5.74, 6) is 0.0178. The van der Waals surface area contributed by atoms with Crippen LogP contribution in [0.3, 0.4) is 0 Å². The Morgan fingerprint density at radius 3 is 2.60 bits per heavy atom. The van der Waals surface area contributed by atoms with E-state index in [9.17, 15) is 4.79 Å². The number of anilines is 2. The fraction of sp³-hybridized carbons (Fsp3) is 0. The average molecular weight is 158 g/mol. The van der Waals surface area contributed by atoms with Gasteiger partial charge in [-0.3, -0.25) is 9.78 Å². The van der Waals surface area contributed by atoms with Crippen LogP contribution in [0.1, 0.15) is 0 Å². The van der Waals surface area contributed by atoms with E-state index < -0.39 is 5.56 Å². The minimum atomic E-state index is -0.461. The molecule has 0 aliphatic carbocycles. The molecule has 0 saturated carbocycles. The Morgan fingerprint density at radius 1 is 1.50 bits per heavy atom. The lowest BCUT2D eigenvalue weighted by molar-refractivity contribution is 1.05. The van der Waals surface area contributed by atoms with Crippen molar-refractivity contribution in [3.63, 3.8) is 0 Å². The van der Waals surface area contributed by atoms with Gasteiger partial charge in [0.25, 0.3) is 5.56 Å². The maximum Gasteiger partial charge on any atom is 0.276 e. The molecule has 0 bridgehead atoms. The highest BCUT2D eigenvalue weighted by Gasteiger charge is 2.00. The zero-order valence-corrected chi connectivity index (χ0v) is 5.85. The number of hydrogen-bond donors (Lipinski definition) is 4. The quantitative estimate of drug-likeness (QED) is 0.294. The van der Waals surface area contributed by atoms with Crippen LogP contribution < -0.4 is 17.0 Å². The summed E-state index contributed by atoms with van der Waals surface area (Å²) in [5.41, 5.74) is 9.89. The maximum atomic E-state index is 10.7. The molecular weight excluding hydrogens is 152 g/mol. The molecule has 1 aromatic rings. The number of nitrogens with two attached hydrogens (primary N) is 2. The Hall–Kier alpha value is -1.17. The predicted octanol–water partition coefficient (Wildman–Crippen LogP) is -0.777. The summed E-state index contributed by atoms with van der Waals surface area (Å²) in [6.07, 6.45) is 0. The normalized spacial score (nSPS) is 9.70. The van der Waals surface area contributed by atoms with Crippen LogP contribution in [0.2, 0.25) is 0 Å². The van der Waals surface area contributed by atoms with E-state index in [1.807, 2.05) is 0 Å². The highest BCUT2D eigenvalue weighted by Crippen LogP contribution is 2.06. The van der Waals surface area contributed by atoms with Crippen molar-refractivity contribution in [2.24, 2.45) is 0 Å². The molecule has 0 radical (unpaired) electrons. The SMILES string of the molecule is Nc1nc(S)c(N)c(=O)[nH]1. The van der Waals surface area contributed by atoms with Gasteiger partial charge in [0.15, 0.2) is 0 Å². The van der Waals surface area contributed by atoms with Crippen LogP contribution in [-0.4, -0.2) is 9.97 Å². The van der Waals surface area contributed by atoms with Crippen molar-refractivity contribution in [3.05, 3.63) is 10.4 Å². The number of H-pyrrole nitrogens is 1. The van der Waals surface area contributed by atoms with Gasteiger partial charge in [-0.2, -0.15) is 0 Å². The molecule has 1 aromatic heterocycles. The van der Waals surface area contributed by atoms with E-state index in [1.54, 1.807) is 0 Å². The van der Waals surface area contributed by atoms with Gasteiger partial charge in [0.1, 0.15) is 10.7 Å². The molecule has 1 heterocycles. The molecule has 0 atom stereocenters. The van der Waals surface area contributed by atoms with Crippen LogP contribution in [0.15, 0.2) is 9.82 Å². The van der Waals surface area contributed by atoms with Crippen LogP contribution >= 0.6 is 12.6 Å². The third kappa shape index (κ3) is 1.06. The standard InChI is InChI=1S/C4H6N4OS/c5-1-2(9)7-4(6)8-3(1)10/h5H2,(H4,6,7,8,9,10). The van der Waals surface area contributed by atoms with Gasteiger partial charge in [-0.25, -0.2) is 4.98 Å². The zero-order valence-electron chi connectivity index (χ0n) is 4.96. The van der Waals surface area contributed by atoms with E-state index in [-0.39, 0.29) is 16.7 Å². The number of nitrogens with zero attached hydrogens (tertiary/aromatic N) is 1. The topological polar surface area (TPSA) is 97.8 Å². The third-order valence-corrected chi connectivity index (χ3v) is 1.29. The number of thiol groups is 1. The van der Waals surface area contributed by atoms with Crippen molar-refractivity contribution < 1.29 is 0 Å². The molecule has 0 aliphatic rings. The van der Waals surface area contributed by atoms with Crippen molar-refractivity contribution in [2.45, 2.75) is 5.03 Å². The molecule has 0 aliphatic heterocycles. The van der Waals surface area contributed by atoms with E-state index in [4.69, 9.17) is 11.5 Å². The fourth-order valence-electron chi connectivity index (χ4n) is 0.487. The van der Waals surface area contributed by atoms with Crippen LogP contribution in [-0.2, 0) is 0 Å². The van der Waals surface area contributed by atoms with Gasteiger partial charge in [0.2, 0.25) is 5.95 Å². The summed E-state index contributed by atoms with van der Waals surface area (Å²) >= 11 is 3.80. The Labute approximate surface area is 61.9 Å². The number of aromatic amines is 1. The second-order valence-corrected chi connectivity index (χ2v) is 2.11. The lowest BCUT2D eigenvalue weighted by Crippen LogP contribution is -2.15. The Balaban J connectivity index is 3.46. The molecule has 10 heavy (non-hydrogen) atoms. The van der Waals surface area contributed by atoms with E-state index in [2.05, 4.69) is 22.6 Å². The summed E-state index contributed by atoms with van der Waals surface area (Å²) in [4.78, 5) is 16.5. The molecule has 0 fully saturated rings. The molecule has 5 N–H and O–H groups in total. The second kappa shape index (κ2) is 2.22. The van der Waals surface area contributed by atoms with Crippen molar-refractivity contribution >= 4 is 24.3 Å². The molecule has 0 aromatic carbocycles. The first-order valence-electron chi connectivity index (χ1n) is 2.45. The minimum absolute atomic E-state index is 0.0162. The number of hydrogen-bond acceptors (Lipinski definition) is 5. The molecule has 54 valence electrons. The molecule has 5 nitrogen and oxygen atoms in total. The van der Waals surface area contributed by atoms with E-state index in [0.717, 1.165) is 0 Å². The van der Waals surface area contributed by atoms with Gasteiger partial charge in [-0.05, 0) is 0 Å². The van der Waals surface area contributed by atoms with E-state index >= 15 is 0 Å². The highest BCUT2D eigenvalue weighted by atomic mass is 32.1. The van der Waals surface area contributed by atoms with Crippen LogP contribution in [0, 0.1) is 0 Å². The molecule has 0 unspecified atom stereocenters. The Bertz CT molecular complexity index is 307. The van der Waals surface area contributed by atoms with Crippen molar-refractivity contribution in [1.82, 2.24) is 9.97 Å². The Morgan fingerprint density at radius 2 is 2.10 bits per heavy atom. The molecule has 0 spiro atoms. The first-order valence-corrected chi connectivity index (χ1v) is 2.90. The first kappa shape index (κ1) is 6.94. The lowest BCUT2D eigenvalue weighted by Gasteiger charge is -1.96. The van der Waals surface area contributed by atoms with Gasteiger partial charge in [-0.15, -0.1) is 12.6 Å². The second-order valence-electron chi connectivity index (χ2n) is 1.69. The van der Waals surface area contributed by atoms with Crippen molar-refractivity contribution in [1.29, 1.82) is 0 Å². The summed E-state index contributed by atoms with van der Waals surface area (Å²) in [7, 11) is 0. The van der Waals surface area contributed by atoms with Crippen LogP contribution in [0.5, 0.6) is 0 Å². The van der Waals surface area contributed by atoms with Crippen LogP contribution in [0.4, 0.5) is 11.6 Å². The highest BCUT2D eigenvalue weighted by molar-refractivity contribution is 7.80. The fourth-order valence-corrected chi connectivity index (χ4v) is 0.697. The predicted molar refractivity (Wildman–Crippen MR) is 40.9 cm³/mol. The molecule has 0 saturated heterocycles. The van der Waals surface area contributed by atoms with Crippen molar-refractivity contribution in [3.8, 4) is 0 Å². The van der Waals surface area contributed by atoms with E-state index in [0.29, 0.717) is 0 Å². The van der Waals surface area contributed by atoms with Gasteiger partial charge in [0, 0.05) is 0 Å². The summed E-state index contributed by atoms with van der Waals surface area (Å²) in [6.45, 7) is 0. The monoisotopic (exact) mass is 158 g/mol. The summed E-state index contributed by atoms with van der Waals surface area (Å²) < 4.78 is 0. The van der Waals surface area contributed by atoms with Gasteiger partial charge < -0.3 is 11.5 Å². The molecular formula is C4H6N4OS. The van der Waals surface area contributed by atoms with Crippen LogP contribution in [0.25, 0.3) is 0 Å². The maximum absolute atomic E-state index is 10.7. The minimum Gasteiger partial charge on any atom is -0.392 e. The lowest BCUT2D eigenvalue weighted by atomic mass is 10.5. The smallest absolute Gasteiger partial charge is 0.276 e. The number of nitrogen functional groups attached to an aromatic ring is 2. The molecule has 6 heteroatoms.